The lowest BCUT2D eigenvalue weighted by atomic mass is 10.2. The number of rotatable bonds is 2. The highest BCUT2D eigenvalue weighted by atomic mass is 35.5. The minimum Gasteiger partial charge on any atom is -0.501 e. The molecule has 0 aliphatic rings. The van der Waals surface area contributed by atoms with Crippen LogP contribution in [-0.4, -0.2) is 21.8 Å². The fourth-order valence-electron chi connectivity index (χ4n) is 2.04. The van der Waals surface area contributed by atoms with E-state index in [-0.39, 0.29) is 17.0 Å². The Balaban J connectivity index is 2.34. The first-order valence-electron chi connectivity index (χ1n) is 6.04. The van der Waals surface area contributed by atoms with Gasteiger partial charge in [-0.15, -0.1) is 0 Å². The van der Waals surface area contributed by atoms with E-state index in [1.807, 2.05) is 0 Å². The Hall–Kier alpha value is -2.47. The van der Waals surface area contributed by atoms with Crippen LogP contribution in [0.1, 0.15) is 0 Å². The van der Waals surface area contributed by atoms with Gasteiger partial charge in [-0.25, -0.2) is 4.98 Å². The van der Waals surface area contributed by atoms with Crippen LogP contribution in [0.2, 0.25) is 5.15 Å². The largest absolute Gasteiger partial charge is 0.501 e. The van der Waals surface area contributed by atoms with Crippen LogP contribution in [0, 0.1) is 0 Å². The number of benzene rings is 1. The summed E-state index contributed by atoms with van der Waals surface area (Å²) in [4.78, 5) is 16.3. The van der Waals surface area contributed by atoms with Crippen LogP contribution in [0.3, 0.4) is 0 Å². The summed E-state index contributed by atoms with van der Waals surface area (Å²) in [6.45, 7) is 0. The van der Waals surface area contributed by atoms with E-state index in [9.17, 15) is 9.90 Å². The lowest BCUT2D eigenvalue weighted by Crippen LogP contribution is -2.04. The zero-order valence-electron chi connectivity index (χ0n) is 11.3. The average molecular weight is 307 g/mol. The molecular formula is C14H11ClN2O4. The first-order valence-corrected chi connectivity index (χ1v) is 6.42. The molecule has 0 saturated carbocycles. The standard InChI is InChI=1S/C14H11ClN2O4/c1-17-10(15)6-16-14(17)13-12(19)11(18)8-5-7(20-2)3-4-9(8)21-13/h3-6,19H,1-2H3. The molecule has 0 atom stereocenters. The van der Waals surface area contributed by atoms with Gasteiger partial charge in [0.15, 0.2) is 5.82 Å². The second kappa shape index (κ2) is 4.82. The molecule has 0 fully saturated rings. The number of fused-ring (bicyclic) bond motifs is 1. The third-order valence-electron chi connectivity index (χ3n) is 3.21. The second-order valence-electron chi connectivity index (χ2n) is 4.43. The number of halogens is 1. The third kappa shape index (κ3) is 2.04. The highest BCUT2D eigenvalue weighted by Crippen LogP contribution is 2.31. The molecule has 6 nitrogen and oxygen atoms in total. The van der Waals surface area contributed by atoms with Crippen LogP contribution in [0.25, 0.3) is 22.6 Å². The van der Waals surface area contributed by atoms with Crippen molar-refractivity contribution in [2.45, 2.75) is 0 Å². The van der Waals surface area contributed by atoms with Gasteiger partial charge >= 0.3 is 0 Å². The summed E-state index contributed by atoms with van der Waals surface area (Å²) in [7, 11) is 3.15. The van der Waals surface area contributed by atoms with Crippen molar-refractivity contribution in [2.75, 3.05) is 7.11 Å². The fourth-order valence-corrected chi connectivity index (χ4v) is 2.17. The number of aromatic nitrogens is 2. The third-order valence-corrected chi connectivity index (χ3v) is 3.56. The number of ether oxygens (including phenoxy) is 1. The van der Waals surface area contributed by atoms with Gasteiger partial charge in [-0.1, -0.05) is 11.6 Å². The molecule has 21 heavy (non-hydrogen) atoms. The van der Waals surface area contributed by atoms with Crippen molar-refractivity contribution in [2.24, 2.45) is 7.05 Å². The molecule has 0 radical (unpaired) electrons. The van der Waals surface area contributed by atoms with Crippen LogP contribution in [0.4, 0.5) is 0 Å². The quantitative estimate of drug-likeness (QED) is 0.787. The molecule has 3 aromatic rings. The van der Waals surface area contributed by atoms with E-state index in [1.165, 1.54) is 23.9 Å². The summed E-state index contributed by atoms with van der Waals surface area (Å²) in [5, 5.41) is 10.7. The number of aromatic hydroxyl groups is 1. The smallest absolute Gasteiger partial charge is 0.235 e. The molecule has 0 amide bonds. The average Bonchev–Trinajstić information content (AvgIpc) is 2.82. The Kier molecular flexibility index (Phi) is 3.10. The van der Waals surface area contributed by atoms with Gasteiger partial charge in [0.05, 0.1) is 18.7 Å². The van der Waals surface area contributed by atoms with Crippen molar-refractivity contribution >= 4 is 22.6 Å². The molecule has 7 heteroatoms. The topological polar surface area (TPSA) is 77.5 Å². The van der Waals surface area contributed by atoms with E-state index in [1.54, 1.807) is 19.2 Å². The van der Waals surface area contributed by atoms with E-state index >= 15 is 0 Å². The molecule has 2 aromatic heterocycles. The minimum atomic E-state index is -0.552. The lowest BCUT2D eigenvalue weighted by Gasteiger charge is -2.07. The molecule has 0 bridgehead atoms. The second-order valence-corrected chi connectivity index (χ2v) is 4.82. The zero-order chi connectivity index (χ0) is 15.1. The lowest BCUT2D eigenvalue weighted by molar-refractivity contribution is 0.414. The van der Waals surface area contributed by atoms with Crippen molar-refractivity contribution in [3.05, 3.63) is 39.8 Å². The number of nitrogens with zero attached hydrogens (tertiary/aromatic N) is 2. The monoisotopic (exact) mass is 306 g/mol. The van der Waals surface area contributed by atoms with Gasteiger partial charge in [0.2, 0.25) is 16.9 Å². The maximum atomic E-state index is 12.3. The maximum Gasteiger partial charge on any atom is 0.235 e. The van der Waals surface area contributed by atoms with Gasteiger partial charge in [-0.3, -0.25) is 4.79 Å². The van der Waals surface area contributed by atoms with Crippen molar-refractivity contribution in [3.63, 3.8) is 0 Å². The molecule has 1 aromatic carbocycles. The van der Waals surface area contributed by atoms with Crippen molar-refractivity contribution < 1.29 is 14.3 Å². The van der Waals surface area contributed by atoms with E-state index in [0.29, 0.717) is 16.5 Å². The SMILES string of the molecule is COc1ccc2oc(-c3ncc(Cl)n3C)c(O)c(=O)c2c1. The Morgan fingerprint density at radius 3 is 2.81 bits per heavy atom. The fraction of sp³-hybridized carbons (Fsp3) is 0.143. The number of imidazole rings is 1. The van der Waals surface area contributed by atoms with Crippen LogP contribution >= 0.6 is 11.6 Å². The summed E-state index contributed by atoms with van der Waals surface area (Å²) in [6, 6.07) is 4.77. The first-order chi connectivity index (χ1) is 10.0. The summed E-state index contributed by atoms with van der Waals surface area (Å²) in [5.74, 6) is 0.238. The zero-order valence-corrected chi connectivity index (χ0v) is 12.0. The van der Waals surface area contributed by atoms with E-state index < -0.39 is 11.2 Å². The molecule has 0 aliphatic heterocycles. The van der Waals surface area contributed by atoms with Crippen molar-refractivity contribution in [3.8, 4) is 23.1 Å². The van der Waals surface area contributed by atoms with Crippen LogP contribution in [-0.2, 0) is 7.05 Å². The van der Waals surface area contributed by atoms with Crippen LogP contribution in [0.15, 0.2) is 33.6 Å². The van der Waals surface area contributed by atoms with Crippen LogP contribution < -0.4 is 10.2 Å². The van der Waals surface area contributed by atoms with Gasteiger partial charge in [-0.2, -0.15) is 0 Å². The maximum absolute atomic E-state index is 12.3. The summed E-state index contributed by atoms with van der Waals surface area (Å²) < 4.78 is 12.2. The predicted octanol–water partition coefficient (Wildman–Crippen LogP) is 2.56. The highest BCUT2D eigenvalue weighted by molar-refractivity contribution is 6.29. The molecule has 0 aliphatic carbocycles. The number of hydrogen-bond acceptors (Lipinski definition) is 5. The Labute approximate surface area is 124 Å². The van der Waals surface area contributed by atoms with E-state index in [4.69, 9.17) is 20.8 Å². The molecule has 1 N–H and O–H groups in total. The van der Waals surface area contributed by atoms with Crippen molar-refractivity contribution in [1.82, 2.24) is 9.55 Å². The summed E-state index contributed by atoms with van der Waals surface area (Å²) in [6.07, 6.45) is 1.41. The van der Waals surface area contributed by atoms with Crippen LogP contribution in [0.5, 0.6) is 11.5 Å². The molecule has 3 rings (SSSR count). The Bertz CT molecular complexity index is 898. The molecule has 0 spiro atoms. The first kappa shape index (κ1) is 13.5. The van der Waals surface area contributed by atoms with Gasteiger partial charge in [0.25, 0.3) is 0 Å². The van der Waals surface area contributed by atoms with Gasteiger partial charge in [0, 0.05) is 7.05 Å². The normalized spacial score (nSPS) is 11.0. The highest BCUT2D eigenvalue weighted by Gasteiger charge is 2.20. The summed E-state index contributed by atoms with van der Waals surface area (Å²) in [5.41, 5.74) is -0.225. The Morgan fingerprint density at radius 1 is 1.43 bits per heavy atom. The van der Waals surface area contributed by atoms with E-state index in [0.717, 1.165) is 0 Å². The van der Waals surface area contributed by atoms with Crippen molar-refractivity contribution in [1.29, 1.82) is 0 Å². The molecule has 0 unspecified atom stereocenters. The predicted molar refractivity (Wildman–Crippen MR) is 77.9 cm³/mol. The number of methoxy groups -OCH3 is 1. The van der Waals surface area contributed by atoms with Gasteiger partial charge in [-0.05, 0) is 18.2 Å². The molecular weight excluding hydrogens is 296 g/mol. The molecule has 2 heterocycles. The van der Waals surface area contributed by atoms with Gasteiger partial charge < -0.3 is 18.8 Å². The van der Waals surface area contributed by atoms with E-state index in [2.05, 4.69) is 4.98 Å². The minimum absolute atomic E-state index is 0.0212. The molecule has 108 valence electrons. The molecule has 0 saturated heterocycles. The number of hydrogen-bond donors (Lipinski definition) is 1. The Morgan fingerprint density at radius 2 is 2.19 bits per heavy atom. The van der Waals surface area contributed by atoms with Gasteiger partial charge in [0.1, 0.15) is 16.5 Å². The summed E-state index contributed by atoms with van der Waals surface area (Å²) >= 11 is 5.91.